The van der Waals surface area contributed by atoms with Gasteiger partial charge < -0.3 is 25.0 Å². The third-order valence-electron chi connectivity index (χ3n) is 4.07. The van der Waals surface area contributed by atoms with Crippen molar-refractivity contribution in [1.29, 1.82) is 0 Å². The Morgan fingerprint density at radius 1 is 1.09 bits per heavy atom. The minimum Gasteiger partial charge on any atom is -0.383 e. The quantitative estimate of drug-likeness (QED) is 0.629. The number of hydrogen-bond donors (Lipinski definition) is 1. The molecule has 1 atom stereocenters. The van der Waals surface area contributed by atoms with E-state index in [9.17, 15) is 9.59 Å². The van der Waals surface area contributed by atoms with Crippen LogP contribution in [0.3, 0.4) is 0 Å². The molecule has 8 nitrogen and oxygen atoms in total. The molecule has 2 saturated heterocycles. The molecule has 2 amide bonds. The van der Waals surface area contributed by atoms with Crippen LogP contribution in [0.1, 0.15) is 0 Å². The van der Waals surface area contributed by atoms with E-state index in [-0.39, 0.29) is 18.4 Å². The standard InChI is InChI=1S/C14H26N4O4/c1-21-11-12(15)14(20)18-4-2-17(3-5-18)13(19)10-16-6-8-22-9-7-16/h12H,2-11,15H2,1H3. The molecule has 0 aromatic heterocycles. The molecule has 0 spiro atoms. The van der Waals surface area contributed by atoms with Gasteiger partial charge in [0.1, 0.15) is 6.04 Å². The van der Waals surface area contributed by atoms with Crippen LogP contribution in [0.15, 0.2) is 0 Å². The van der Waals surface area contributed by atoms with Gasteiger partial charge in [0.05, 0.1) is 26.4 Å². The molecular weight excluding hydrogens is 288 g/mol. The average Bonchev–Trinajstić information content (AvgIpc) is 2.55. The summed E-state index contributed by atoms with van der Waals surface area (Å²) in [6.45, 7) is 5.82. The van der Waals surface area contributed by atoms with Gasteiger partial charge in [-0.15, -0.1) is 0 Å². The van der Waals surface area contributed by atoms with E-state index in [1.54, 1.807) is 4.90 Å². The van der Waals surface area contributed by atoms with Crippen molar-refractivity contribution < 1.29 is 19.1 Å². The van der Waals surface area contributed by atoms with Crippen molar-refractivity contribution in [3.8, 4) is 0 Å². The number of nitrogens with two attached hydrogens (primary N) is 1. The fourth-order valence-electron chi connectivity index (χ4n) is 2.71. The predicted molar refractivity (Wildman–Crippen MR) is 80.3 cm³/mol. The molecular formula is C14H26N4O4. The summed E-state index contributed by atoms with van der Waals surface area (Å²) in [5.41, 5.74) is 5.76. The lowest BCUT2D eigenvalue weighted by atomic mass is 10.2. The highest BCUT2D eigenvalue weighted by molar-refractivity contribution is 5.82. The number of hydrogen-bond acceptors (Lipinski definition) is 6. The minimum absolute atomic E-state index is 0.109. The van der Waals surface area contributed by atoms with Crippen LogP contribution in [-0.4, -0.2) is 105 Å². The van der Waals surface area contributed by atoms with Crippen molar-refractivity contribution in [2.24, 2.45) is 5.73 Å². The molecule has 0 aliphatic carbocycles. The van der Waals surface area contributed by atoms with Gasteiger partial charge in [0.15, 0.2) is 0 Å². The van der Waals surface area contributed by atoms with Crippen molar-refractivity contribution in [2.45, 2.75) is 6.04 Å². The number of morpholine rings is 1. The zero-order chi connectivity index (χ0) is 15.9. The topological polar surface area (TPSA) is 88.3 Å². The first-order valence-corrected chi connectivity index (χ1v) is 7.73. The summed E-state index contributed by atoms with van der Waals surface area (Å²) in [5, 5.41) is 0. The summed E-state index contributed by atoms with van der Waals surface area (Å²) >= 11 is 0. The third-order valence-corrected chi connectivity index (χ3v) is 4.07. The number of piperazine rings is 1. The van der Waals surface area contributed by atoms with E-state index in [4.69, 9.17) is 15.2 Å². The average molecular weight is 314 g/mol. The molecule has 22 heavy (non-hydrogen) atoms. The lowest BCUT2D eigenvalue weighted by molar-refractivity contribution is -0.142. The lowest BCUT2D eigenvalue weighted by Crippen LogP contribution is -2.56. The smallest absolute Gasteiger partial charge is 0.241 e. The highest BCUT2D eigenvalue weighted by Gasteiger charge is 2.27. The maximum Gasteiger partial charge on any atom is 0.241 e. The van der Waals surface area contributed by atoms with Gasteiger partial charge >= 0.3 is 0 Å². The maximum absolute atomic E-state index is 12.3. The molecule has 1 unspecified atom stereocenters. The normalized spacial score (nSPS) is 21.7. The third kappa shape index (κ3) is 4.64. The molecule has 2 heterocycles. The predicted octanol–water partition coefficient (Wildman–Crippen LogP) is -2.04. The van der Waals surface area contributed by atoms with Crippen LogP contribution in [0.25, 0.3) is 0 Å². The fourth-order valence-corrected chi connectivity index (χ4v) is 2.71. The molecule has 0 aromatic rings. The Balaban J connectivity index is 1.74. The SMILES string of the molecule is COCC(N)C(=O)N1CCN(C(=O)CN2CCOCC2)CC1. The second kappa shape index (κ2) is 8.42. The van der Waals surface area contributed by atoms with Gasteiger partial charge in [0.25, 0.3) is 0 Å². The number of rotatable bonds is 5. The zero-order valence-electron chi connectivity index (χ0n) is 13.2. The molecule has 0 radical (unpaired) electrons. The van der Waals surface area contributed by atoms with Crippen molar-refractivity contribution >= 4 is 11.8 Å². The first kappa shape index (κ1) is 17.1. The van der Waals surface area contributed by atoms with Gasteiger partial charge in [0.2, 0.25) is 11.8 Å². The Hall–Kier alpha value is -1.22. The van der Waals surface area contributed by atoms with Gasteiger partial charge in [-0.05, 0) is 0 Å². The van der Waals surface area contributed by atoms with Gasteiger partial charge in [-0.25, -0.2) is 0 Å². The number of nitrogens with zero attached hydrogens (tertiary/aromatic N) is 3. The number of amides is 2. The van der Waals surface area contributed by atoms with Gasteiger partial charge in [-0.3, -0.25) is 14.5 Å². The summed E-state index contributed by atoms with van der Waals surface area (Å²) in [4.78, 5) is 30.0. The monoisotopic (exact) mass is 314 g/mol. The van der Waals surface area contributed by atoms with E-state index in [2.05, 4.69) is 4.90 Å². The molecule has 0 saturated carbocycles. The Morgan fingerprint density at radius 2 is 1.68 bits per heavy atom. The Labute approximate surface area is 131 Å². The number of carbonyl (C=O) groups excluding carboxylic acids is 2. The Bertz CT molecular complexity index is 379. The van der Waals surface area contributed by atoms with Crippen molar-refractivity contribution in [3.63, 3.8) is 0 Å². The Morgan fingerprint density at radius 3 is 2.27 bits per heavy atom. The second-order valence-corrected chi connectivity index (χ2v) is 5.66. The first-order chi connectivity index (χ1) is 10.6. The summed E-state index contributed by atoms with van der Waals surface area (Å²) in [6.07, 6.45) is 0. The summed E-state index contributed by atoms with van der Waals surface area (Å²) in [7, 11) is 1.52. The van der Waals surface area contributed by atoms with E-state index < -0.39 is 6.04 Å². The van der Waals surface area contributed by atoms with Gasteiger partial charge in [-0.2, -0.15) is 0 Å². The van der Waals surface area contributed by atoms with Crippen LogP contribution in [0.5, 0.6) is 0 Å². The Kier molecular flexibility index (Phi) is 6.56. The van der Waals surface area contributed by atoms with Crippen LogP contribution < -0.4 is 5.73 Å². The molecule has 2 aliphatic heterocycles. The minimum atomic E-state index is -0.624. The van der Waals surface area contributed by atoms with Gasteiger partial charge in [0, 0.05) is 46.4 Å². The van der Waals surface area contributed by atoms with E-state index in [1.807, 2.05) is 4.90 Å². The van der Waals surface area contributed by atoms with Crippen molar-refractivity contribution in [1.82, 2.24) is 14.7 Å². The first-order valence-electron chi connectivity index (χ1n) is 7.73. The molecule has 2 N–H and O–H groups in total. The zero-order valence-corrected chi connectivity index (χ0v) is 13.2. The second-order valence-electron chi connectivity index (χ2n) is 5.66. The number of carbonyl (C=O) groups is 2. The number of methoxy groups -OCH3 is 1. The van der Waals surface area contributed by atoms with Crippen LogP contribution >= 0.6 is 0 Å². The molecule has 0 bridgehead atoms. The van der Waals surface area contributed by atoms with Crippen LogP contribution in [-0.2, 0) is 19.1 Å². The van der Waals surface area contributed by atoms with E-state index in [0.29, 0.717) is 45.9 Å². The van der Waals surface area contributed by atoms with Crippen molar-refractivity contribution in [2.75, 3.05) is 72.7 Å². The van der Waals surface area contributed by atoms with Crippen LogP contribution in [0.2, 0.25) is 0 Å². The van der Waals surface area contributed by atoms with E-state index in [1.165, 1.54) is 7.11 Å². The van der Waals surface area contributed by atoms with E-state index >= 15 is 0 Å². The maximum atomic E-state index is 12.3. The summed E-state index contributed by atoms with van der Waals surface area (Å²) in [6, 6.07) is -0.624. The molecule has 0 aromatic carbocycles. The van der Waals surface area contributed by atoms with Crippen molar-refractivity contribution in [3.05, 3.63) is 0 Å². The summed E-state index contributed by atoms with van der Waals surface area (Å²) in [5.74, 6) is 0.0114. The summed E-state index contributed by atoms with van der Waals surface area (Å²) < 4.78 is 10.2. The highest BCUT2D eigenvalue weighted by Crippen LogP contribution is 2.06. The van der Waals surface area contributed by atoms with E-state index in [0.717, 1.165) is 13.1 Å². The highest BCUT2D eigenvalue weighted by atomic mass is 16.5. The molecule has 8 heteroatoms. The molecule has 2 rings (SSSR count). The van der Waals surface area contributed by atoms with Gasteiger partial charge in [-0.1, -0.05) is 0 Å². The molecule has 2 aliphatic rings. The lowest BCUT2D eigenvalue weighted by Gasteiger charge is -2.37. The molecule has 126 valence electrons. The number of ether oxygens (including phenoxy) is 2. The molecule has 2 fully saturated rings. The fraction of sp³-hybridized carbons (Fsp3) is 0.857. The largest absolute Gasteiger partial charge is 0.383 e. The van der Waals surface area contributed by atoms with Crippen LogP contribution in [0, 0.1) is 0 Å². The van der Waals surface area contributed by atoms with Crippen LogP contribution in [0.4, 0.5) is 0 Å².